The molecule has 0 fully saturated rings. The molecule has 6 heteroatoms. The van der Waals surface area contributed by atoms with E-state index in [-0.39, 0.29) is 5.91 Å². The summed E-state index contributed by atoms with van der Waals surface area (Å²) in [4.78, 5) is 24.1. The Morgan fingerprint density at radius 3 is 2.43 bits per heavy atom. The maximum absolute atomic E-state index is 12.3. The van der Waals surface area contributed by atoms with Crippen molar-refractivity contribution in [1.29, 1.82) is 0 Å². The number of rotatable bonds is 12. The third-order valence-corrected chi connectivity index (χ3v) is 4.55. The van der Waals surface area contributed by atoms with Gasteiger partial charge >= 0.3 is 5.97 Å². The summed E-state index contributed by atoms with van der Waals surface area (Å²) < 4.78 is 10.5. The number of methoxy groups -OCH3 is 1. The molecule has 0 atom stereocenters. The van der Waals surface area contributed by atoms with Crippen LogP contribution >= 0.6 is 0 Å². The van der Waals surface area contributed by atoms with E-state index in [2.05, 4.69) is 17.5 Å². The molecule has 30 heavy (non-hydrogen) atoms. The molecule has 0 saturated heterocycles. The molecule has 1 N–H and O–H groups in total. The van der Waals surface area contributed by atoms with Crippen LogP contribution in [0.15, 0.2) is 53.6 Å². The number of hydrogen-bond donors (Lipinski definition) is 1. The van der Waals surface area contributed by atoms with Crippen LogP contribution in [0.5, 0.6) is 11.5 Å². The molecule has 0 saturated carbocycles. The van der Waals surface area contributed by atoms with E-state index in [1.54, 1.807) is 49.6 Å². The van der Waals surface area contributed by atoms with Crippen LogP contribution in [0.3, 0.4) is 0 Å². The third-order valence-electron chi connectivity index (χ3n) is 4.55. The number of benzene rings is 2. The van der Waals surface area contributed by atoms with E-state index in [9.17, 15) is 9.59 Å². The molecule has 160 valence electrons. The van der Waals surface area contributed by atoms with Gasteiger partial charge in [0.1, 0.15) is 11.5 Å². The topological polar surface area (TPSA) is 77.0 Å². The number of hydrogen-bond acceptors (Lipinski definition) is 5. The van der Waals surface area contributed by atoms with Gasteiger partial charge < -0.3 is 9.47 Å². The monoisotopic (exact) mass is 410 g/mol. The molecule has 0 bridgehead atoms. The molecule has 0 heterocycles. The molecule has 0 aliphatic rings. The number of nitrogens with one attached hydrogen (secondary N) is 1. The second-order valence-electron chi connectivity index (χ2n) is 7.00. The van der Waals surface area contributed by atoms with E-state index in [1.165, 1.54) is 31.9 Å². The standard InChI is InChI=1S/C24H30N2O4/c1-3-4-5-6-7-8-12-23(27)26-25-18-19-10-9-11-22(17-19)30-24(28)20-13-15-21(29-2)16-14-20/h9-11,13-18H,3-8,12H2,1-2H3,(H,26,27)/b25-18-. The first kappa shape index (κ1) is 23.1. The van der Waals surface area contributed by atoms with Crippen molar-refractivity contribution in [3.8, 4) is 11.5 Å². The molecule has 0 unspecified atom stereocenters. The Bertz CT molecular complexity index is 831. The summed E-state index contributed by atoms with van der Waals surface area (Å²) in [7, 11) is 1.57. The fraction of sp³-hybridized carbons (Fsp3) is 0.375. The molecular weight excluding hydrogens is 380 g/mol. The Hall–Kier alpha value is -3.15. The first-order valence-electron chi connectivity index (χ1n) is 10.4. The predicted octanol–water partition coefficient (Wildman–Crippen LogP) is 5.12. The third kappa shape index (κ3) is 8.47. The van der Waals surface area contributed by atoms with E-state index in [0.717, 1.165) is 18.4 Å². The van der Waals surface area contributed by atoms with Crippen molar-refractivity contribution in [3.63, 3.8) is 0 Å². The minimum atomic E-state index is -0.459. The van der Waals surface area contributed by atoms with Gasteiger partial charge in [-0.2, -0.15) is 5.10 Å². The first-order chi connectivity index (χ1) is 14.6. The minimum absolute atomic E-state index is 0.0937. The van der Waals surface area contributed by atoms with Crippen molar-refractivity contribution in [2.75, 3.05) is 7.11 Å². The van der Waals surface area contributed by atoms with E-state index in [4.69, 9.17) is 9.47 Å². The van der Waals surface area contributed by atoms with Crippen molar-refractivity contribution in [1.82, 2.24) is 5.43 Å². The Labute approximate surface area is 178 Å². The molecule has 0 aliphatic carbocycles. The van der Waals surface area contributed by atoms with Gasteiger partial charge in [-0.05, 0) is 48.4 Å². The average Bonchev–Trinajstić information content (AvgIpc) is 2.76. The van der Waals surface area contributed by atoms with Gasteiger partial charge in [-0.15, -0.1) is 0 Å². The molecule has 6 nitrogen and oxygen atoms in total. The zero-order valence-corrected chi connectivity index (χ0v) is 17.7. The van der Waals surface area contributed by atoms with Crippen LogP contribution in [0, 0.1) is 0 Å². The van der Waals surface area contributed by atoms with Crippen molar-refractivity contribution in [2.24, 2.45) is 5.10 Å². The highest BCUT2D eigenvalue weighted by Gasteiger charge is 2.09. The SMILES string of the molecule is CCCCCCCCC(=O)N/N=C\c1cccc(OC(=O)c2ccc(OC)cc2)c1. The number of amides is 1. The lowest BCUT2D eigenvalue weighted by molar-refractivity contribution is -0.121. The van der Waals surface area contributed by atoms with Crippen LogP contribution in [0.1, 0.15) is 67.8 Å². The highest BCUT2D eigenvalue weighted by molar-refractivity contribution is 5.91. The number of esters is 1. The maximum atomic E-state index is 12.3. The molecular formula is C24H30N2O4. The molecule has 0 aromatic heterocycles. The lowest BCUT2D eigenvalue weighted by atomic mass is 10.1. The van der Waals surface area contributed by atoms with Gasteiger partial charge in [-0.1, -0.05) is 51.2 Å². The van der Waals surface area contributed by atoms with Crippen molar-refractivity contribution in [2.45, 2.75) is 51.9 Å². The Balaban J connectivity index is 1.78. The summed E-state index contributed by atoms with van der Waals surface area (Å²) in [6.07, 6.45) is 8.83. The van der Waals surface area contributed by atoms with Gasteiger partial charge in [0.05, 0.1) is 18.9 Å². The van der Waals surface area contributed by atoms with Crippen LogP contribution < -0.4 is 14.9 Å². The van der Waals surface area contributed by atoms with Gasteiger partial charge in [0, 0.05) is 6.42 Å². The summed E-state index contributed by atoms with van der Waals surface area (Å²) in [5, 5.41) is 3.99. The van der Waals surface area contributed by atoms with Gasteiger partial charge in [-0.3, -0.25) is 4.79 Å². The van der Waals surface area contributed by atoms with E-state index < -0.39 is 5.97 Å². The predicted molar refractivity (Wildman–Crippen MR) is 118 cm³/mol. The lowest BCUT2D eigenvalue weighted by Gasteiger charge is -2.06. The van der Waals surface area contributed by atoms with E-state index >= 15 is 0 Å². The average molecular weight is 411 g/mol. The van der Waals surface area contributed by atoms with Crippen molar-refractivity contribution < 1.29 is 19.1 Å². The molecule has 2 aromatic carbocycles. The normalized spacial score (nSPS) is 10.7. The van der Waals surface area contributed by atoms with Crippen LogP contribution in [-0.4, -0.2) is 25.2 Å². The summed E-state index contributed by atoms with van der Waals surface area (Å²) in [6.45, 7) is 2.19. The lowest BCUT2D eigenvalue weighted by Crippen LogP contribution is -2.16. The van der Waals surface area contributed by atoms with Crippen molar-refractivity contribution in [3.05, 3.63) is 59.7 Å². The van der Waals surface area contributed by atoms with Gasteiger partial charge in [0.25, 0.3) is 0 Å². The highest BCUT2D eigenvalue weighted by Crippen LogP contribution is 2.16. The number of unbranched alkanes of at least 4 members (excludes halogenated alkanes) is 5. The number of carbonyl (C=O) groups is 2. The summed E-state index contributed by atoms with van der Waals surface area (Å²) in [6, 6.07) is 13.6. The van der Waals surface area contributed by atoms with Crippen LogP contribution in [-0.2, 0) is 4.79 Å². The summed E-state index contributed by atoms with van der Waals surface area (Å²) in [5.41, 5.74) is 3.69. The first-order valence-corrected chi connectivity index (χ1v) is 10.4. The van der Waals surface area contributed by atoms with Crippen molar-refractivity contribution >= 4 is 18.1 Å². The van der Waals surface area contributed by atoms with Gasteiger partial charge in [-0.25, -0.2) is 10.2 Å². The number of ether oxygens (including phenoxy) is 2. The summed E-state index contributed by atoms with van der Waals surface area (Å²) >= 11 is 0. The second-order valence-corrected chi connectivity index (χ2v) is 7.00. The fourth-order valence-corrected chi connectivity index (χ4v) is 2.85. The zero-order valence-electron chi connectivity index (χ0n) is 17.7. The molecule has 0 spiro atoms. The Morgan fingerprint density at radius 2 is 1.70 bits per heavy atom. The largest absolute Gasteiger partial charge is 0.497 e. The molecule has 2 aromatic rings. The van der Waals surface area contributed by atoms with E-state index in [0.29, 0.717) is 23.5 Å². The second kappa shape index (κ2) is 13.1. The number of hydrazone groups is 1. The minimum Gasteiger partial charge on any atom is -0.497 e. The van der Waals surface area contributed by atoms with Crippen LogP contribution in [0.4, 0.5) is 0 Å². The number of nitrogens with zero attached hydrogens (tertiary/aromatic N) is 1. The van der Waals surface area contributed by atoms with Crippen LogP contribution in [0.2, 0.25) is 0 Å². The van der Waals surface area contributed by atoms with Crippen LogP contribution in [0.25, 0.3) is 0 Å². The fourth-order valence-electron chi connectivity index (χ4n) is 2.85. The number of carbonyl (C=O) groups excluding carboxylic acids is 2. The maximum Gasteiger partial charge on any atom is 0.343 e. The molecule has 2 rings (SSSR count). The Morgan fingerprint density at radius 1 is 0.967 bits per heavy atom. The van der Waals surface area contributed by atoms with E-state index in [1.807, 2.05) is 6.07 Å². The smallest absolute Gasteiger partial charge is 0.343 e. The zero-order chi connectivity index (χ0) is 21.6. The highest BCUT2D eigenvalue weighted by atomic mass is 16.5. The molecule has 0 radical (unpaired) electrons. The van der Waals surface area contributed by atoms with Gasteiger partial charge in [0.15, 0.2) is 0 Å². The Kier molecular flexibility index (Phi) is 10.1. The molecule has 0 aliphatic heterocycles. The summed E-state index contributed by atoms with van der Waals surface area (Å²) in [5.74, 6) is 0.518. The quantitative estimate of drug-likeness (QED) is 0.173. The molecule has 1 amide bonds. The van der Waals surface area contributed by atoms with Gasteiger partial charge in [0.2, 0.25) is 5.91 Å².